The molecule has 0 aliphatic carbocycles. The Kier molecular flexibility index (Phi) is 11.2. The van der Waals surface area contributed by atoms with Crippen molar-refractivity contribution in [3.8, 4) is 0 Å². The van der Waals surface area contributed by atoms with Gasteiger partial charge >= 0.3 is 5.97 Å². The Balaban J connectivity index is 3.23. The van der Waals surface area contributed by atoms with Crippen molar-refractivity contribution in [3.63, 3.8) is 0 Å². The van der Waals surface area contributed by atoms with E-state index in [4.69, 9.17) is 4.74 Å². The van der Waals surface area contributed by atoms with Gasteiger partial charge in [-0.15, -0.1) is 0 Å². The summed E-state index contributed by atoms with van der Waals surface area (Å²) in [4.78, 5) is 41.2. The second kappa shape index (κ2) is 12.9. The van der Waals surface area contributed by atoms with E-state index >= 15 is 0 Å². The van der Waals surface area contributed by atoms with E-state index < -0.39 is 16.9 Å². The highest BCUT2D eigenvalue weighted by molar-refractivity contribution is 5.91. The fourth-order valence-electron chi connectivity index (χ4n) is 4.04. The molecule has 0 heterocycles. The maximum Gasteiger partial charge on any atom is 0.333 e. The topological polar surface area (TPSA) is 75.7 Å². The zero-order valence-corrected chi connectivity index (χ0v) is 23.4. The number of carbonyl (C=O) groups is 3. The van der Waals surface area contributed by atoms with Gasteiger partial charge in [-0.3, -0.25) is 9.59 Å². The number of hydrogen-bond acceptors (Lipinski definition) is 4. The maximum absolute atomic E-state index is 13.8. The molecule has 0 radical (unpaired) electrons. The minimum Gasteiger partial charge on any atom is -0.463 e. The molecule has 0 saturated heterocycles. The molecule has 6 nitrogen and oxygen atoms in total. The van der Waals surface area contributed by atoms with Crippen LogP contribution in [0.25, 0.3) is 0 Å². The average molecular weight is 487 g/mol. The van der Waals surface area contributed by atoms with Crippen molar-refractivity contribution >= 4 is 17.8 Å². The third-order valence-corrected chi connectivity index (χ3v) is 6.65. The van der Waals surface area contributed by atoms with E-state index in [2.05, 4.69) is 5.32 Å². The Bertz CT molecular complexity index is 886. The van der Waals surface area contributed by atoms with E-state index in [0.29, 0.717) is 25.0 Å². The number of carbonyl (C=O) groups excluding carboxylic acids is 3. The van der Waals surface area contributed by atoms with Crippen LogP contribution in [0.4, 0.5) is 0 Å². The molecule has 0 spiro atoms. The highest BCUT2D eigenvalue weighted by atomic mass is 16.5. The van der Waals surface area contributed by atoms with Crippen LogP contribution in [0.1, 0.15) is 74.3 Å². The third kappa shape index (κ3) is 8.52. The van der Waals surface area contributed by atoms with E-state index in [1.54, 1.807) is 31.9 Å². The largest absolute Gasteiger partial charge is 0.463 e. The summed E-state index contributed by atoms with van der Waals surface area (Å²) in [5.74, 6) is -0.650. The van der Waals surface area contributed by atoms with E-state index in [-0.39, 0.29) is 29.7 Å². The number of nitrogens with one attached hydrogen (secondary N) is 1. The van der Waals surface area contributed by atoms with Gasteiger partial charge < -0.3 is 15.0 Å². The van der Waals surface area contributed by atoms with Crippen LogP contribution in [-0.4, -0.2) is 48.4 Å². The minimum absolute atomic E-state index is 0.0589. The van der Waals surface area contributed by atoms with Crippen molar-refractivity contribution in [1.82, 2.24) is 10.2 Å². The van der Waals surface area contributed by atoms with Gasteiger partial charge in [0, 0.05) is 12.6 Å². The van der Waals surface area contributed by atoms with Crippen LogP contribution < -0.4 is 5.32 Å². The molecule has 1 rings (SSSR count). The molecular formula is C29H46N2O4. The number of esters is 1. The molecule has 1 N–H and O–H groups in total. The lowest BCUT2D eigenvalue weighted by molar-refractivity contribution is -0.143. The molecule has 2 amide bonds. The van der Waals surface area contributed by atoms with Crippen molar-refractivity contribution in [3.05, 3.63) is 47.5 Å². The number of benzene rings is 1. The molecule has 0 fully saturated rings. The normalized spacial score (nSPS) is 15.7. The second-order valence-electron chi connectivity index (χ2n) is 11.1. The predicted molar refractivity (Wildman–Crippen MR) is 142 cm³/mol. The molecule has 0 aliphatic rings. The van der Waals surface area contributed by atoms with Crippen molar-refractivity contribution < 1.29 is 19.1 Å². The Morgan fingerprint density at radius 3 is 2.09 bits per heavy atom. The Morgan fingerprint density at radius 1 is 1.06 bits per heavy atom. The highest BCUT2D eigenvalue weighted by Gasteiger charge is 2.40. The van der Waals surface area contributed by atoms with Crippen LogP contribution in [0.5, 0.6) is 0 Å². The second-order valence-corrected chi connectivity index (χ2v) is 11.1. The average Bonchev–Trinajstić information content (AvgIpc) is 2.79. The van der Waals surface area contributed by atoms with Crippen LogP contribution in [-0.2, 0) is 25.5 Å². The molecule has 1 unspecified atom stereocenters. The predicted octanol–water partition coefficient (Wildman–Crippen LogP) is 5.17. The molecule has 1 aromatic carbocycles. The molecule has 3 atom stereocenters. The first-order chi connectivity index (χ1) is 16.2. The molecule has 0 saturated carbocycles. The first-order valence-corrected chi connectivity index (χ1v) is 12.6. The first kappa shape index (κ1) is 30.4. The minimum atomic E-state index is -0.723. The van der Waals surface area contributed by atoms with Crippen LogP contribution >= 0.6 is 0 Å². The SMILES string of the molecule is CCOC(=O)/C(C)=C/[C@H](C(C)C)N(C)C(=O)[C@@H](NC(=O)C(C)(CC)Cc1ccccc1)C(C)(C)C. The van der Waals surface area contributed by atoms with Crippen LogP contribution in [0.15, 0.2) is 42.0 Å². The number of hydrogen-bond donors (Lipinski definition) is 1. The van der Waals surface area contributed by atoms with Crippen LogP contribution in [0, 0.1) is 16.7 Å². The zero-order chi connectivity index (χ0) is 27.0. The monoisotopic (exact) mass is 486 g/mol. The lowest BCUT2D eigenvalue weighted by Crippen LogP contribution is -2.58. The summed E-state index contributed by atoms with van der Waals surface area (Å²) < 4.78 is 5.11. The van der Waals surface area contributed by atoms with Gasteiger partial charge in [0.15, 0.2) is 0 Å². The summed E-state index contributed by atoms with van der Waals surface area (Å²) in [5.41, 5.74) is 0.385. The van der Waals surface area contributed by atoms with Gasteiger partial charge in [0.05, 0.1) is 18.1 Å². The summed E-state index contributed by atoms with van der Waals surface area (Å²) in [6, 6.07) is 8.89. The molecule has 196 valence electrons. The summed E-state index contributed by atoms with van der Waals surface area (Å²) in [6.45, 7) is 17.6. The fraction of sp³-hybridized carbons (Fsp3) is 0.621. The molecule has 0 aromatic heterocycles. The Hall–Kier alpha value is -2.63. The molecule has 6 heteroatoms. The fourth-order valence-corrected chi connectivity index (χ4v) is 4.04. The summed E-state index contributed by atoms with van der Waals surface area (Å²) >= 11 is 0. The summed E-state index contributed by atoms with van der Waals surface area (Å²) in [6.07, 6.45) is 3.02. The van der Waals surface area contributed by atoms with Crippen LogP contribution in [0.2, 0.25) is 0 Å². The lowest BCUT2D eigenvalue weighted by atomic mass is 9.78. The smallest absolute Gasteiger partial charge is 0.333 e. The van der Waals surface area contributed by atoms with Gasteiger partial charge in [0.2, 0.25) is 11.8 Å². The molecule has 0 bridgehead atoms. The van der Waals surface area contributed by atoms with Crippen LogP contribution in [0.3, 0.4) is 0 Å². The van der Waals surface area contributed by atoms with Gasteiger partial charge in [0.25, 0.3) is 0 Å². The van der Waals surface area contributed by atoms with Crippen molar-refractivity contribution in [1.29, 1.82) is 0 Å². The summed E-state index contributed by atoms with van der Waals surface area (Å²) in [5, 5.41) is 3.10. The molecule has 35 heavy (non-hydrogen) atoms. The van der Waals surface area contributed by atoms with Gasteiger partial charge in [0.1, 0.15) is 6.04 Å². The van der Waals surface area contributed by atoms with E-state index in [1.807, 2.05) is 78.8 Å². The number of likely N-dealkylation sites (N-methyl/N-ethyl adjacent to an activating group) is 1. The Morgan fingerprint density at radius 2 is 1.63 bits per heavy atom. The van der Waals surface area contributed by atoms with Gasteiger partial charge in [-0.1, -0.05) is 84.9 Å². The highest BCUT2D eigenvalue weighted by Crippen LogP contribution is 2.30. The van der Waals surface area contributed by atoms with E-state index in [0.717, 1.165) is 5.56 Å². The lowest BCUT2D eigenvalue weighted by Gasteiger charge is -2.39. The quantitative estimate of drug-likeness (QED) is 0.346. The van der Waals surface area contributed by atoms with Crippen molar-refractivity contribution in [2.45, 2.75) is 87.2 Å². The van der Waals surface area contributed by atoms with Crippen molar-refractivity contribution in [2.75, 3.05) is 13.7 Å². The standard InChI is InChI=1S/C29H46N2O4/c1-11-29(9,19-22-16-14-13-15-17-22)27(34)30-24(28(6,7)8)25(32)31(10)23(20(3)4)18-21(5)26(33)35-12-2/h13-18,20,23-24H,11-12,19H2,1-10H3,(H,30,34)/b21-18+/t23-,24-,29?/m1/s1. The van der Waals surface area contributed by atoms with Gasteiger partial charge in [-0.05, 0) is 43.6 Å². The van der Waals surface area contributed by atoms with E-state index in [9.17, 15) is 14.4 Å². The Labute approximate surface area is 212 Å². The number of amides is 2. The summed E-state index contributed by atoms with van der Waals surface area (Å²) in [7, 11) is 1.73. The van der Waals surface area contributed by atoms with Gasteiger partial charge in [-0.25, -0.2) is 4.79 Å². The zero-order valence-electron chi connectivity index (χ0n) is 23.4. The number of rotatable bonds is 11. The van der Waals surface area contributed by atoms with Crippen molar-refractivity contribution in [2.24, 2.45) is 16.7 Å². The maximum atomic E-state index is 13.8. The molecular weight excluding hydrogens is 440 g/mol. The number of nitrogens with zero attached hydrogens (tertiary/aromatic N) is 1. The van der Waals surface area contributed by atoms with Gasteiger partial charge in [-0.2, -0.15) is 0 Å². The number of ether oxygens (including phenoxy) is 1. The molecule has 0 aliphatic heterocycles. The third-order valence-electron chi connectivity index (χ3n) is 6.65. The van der Waals surface area contributed by atoms with E-state index in [1.165, 1.54) is 0 Å². The molecule has 1 aromatic rings. The first-order valence-electron chi connectivity index (χ1n) is 12.6.